The van der Waals surface area contributed by atoms with Gasteiger partial charge in [-0.1, -0.05) is 54.6 Å². The molecule has 230 valence electrons. The molecule has 3 aromatic carbocycles. The largest absolute Gasteiger partial charge is 0.497 e. The number of alkyl halides is 1. The van der Waals surface area contributed by atoms with E-state index in [4.69, 9.17) is 18.9 Å². The molecule has 1 saturated heterocycles. The molecule has 1 fully saturated rings. The first kappa shape index (κ1) is 30.9. The number of methoxy groups -OCH3 is 2. The average Bonchev–Trinajstić information content (AvgIpc) is 3.33. The van der Waals surface area contributed by atoms with E-state index in [-0.39, 0.29) is 5.82 Å². The highest BCUT2D eigenvalue weighted by atomic mass is 19.1. The minimum Gasteiger partial charge on any atom is -0.497 e. The lowest BCUT2D eigenvalue weighted by atomic mass is 9.79. The molecule has 1 amide bonds. The number of anilines is 1. The quantitative estimate of drug-likeness (QED) is 0.259. The van der Waals surface area contributed by atoms with Crippen molar-refractivity contribution in [2.45, 2.75) is 50.2 Å². The molecule has 0 saturated carbocycles. The Balaban J connectivity index is 1.55. The van der Waals surface area contributed by atoms with E-state index in [2.05, 4.69) is 10.3 Å². The summed E-state index contributed by atoms with van der Waals surface area (Å²) in [5, 5.41) is 13.5. The van der Waals surface area contributed by atoms with Gasteiger partial charge in [0.2, 0.25) is 5.91 Å². The van der Waals surface area contributed by atoms with Crippen LogP contribution in [0.15, 0.2) is 95.9 Å². The molecule has 10 nitrogen and oxygen atoms in total. The van der Waals surface area contributed by atoms with Crippen LogP contribution in [0.5, 0.6) is 11.5 Å². The van der Waals surface area contributed by atoms with Crippen LogP contribution in [0, 0.1) is 0 Å². The predicted molar refractivity (Wildman–Crippen MR) is 160 cm³/mol. The van der Waals surface area contributed by atoms with Crippen LogP contribution in [-0.4, -0.2) is 59.3 Å². The fraction of sp³-hybridized carbons (Fsp3) is 0.303. The van der Waals surface area contributed by atoms with E-state index in [1.807, 2.05) is 78.9 Å². The Morgan fingerprint density at radius 3 is 2.00 bits per heavy atom. The van der Waals surface area contributed by atoms with Gasteiger partial charge in [-0.25, -0.2) is 9.18 Å². The second-order valence-electron chi connectivity index (χ2n) is 10.4. The predicted octanol–water partition coefficient (Wildman–Crippen LogP) is 4.21. The van der Waals surface area contributed by atoms with Gasteiger partial charge in [-0.15, -0.1) is 0 Å². The summed E-state index contributed by atoms with van der Waals surface area (Å²) in [6, 6.07) is 25.7. The number of nitrogens with one attached hydrogen (secondary N) is 1. The second kappa shape index (κ2) is 13.0. The van der Waals surface area contributed by atoms with Crippen molar-refractivity contribution in [3.05, 3.63) is 118 Å². The van der Waals surface area contributed by atoms with Crippen LogP contribution in [0.25, 0.3) is 0 Å². The lowest BCUT2D eigenvalue weighted by molar-refractivity contribution is -0.137. The third-order valence-electron chi connectivity index (χ3n) is 7.64. The minimum atomic E-state index is -1.97. The van der Waals surface area contributed by atoms with Crippen LogP contribution < -0.4 is 20.5 Å². The summed E-state index contributed by atoms with van der Waals surface area (Å²) < 4.78 is 40.3. The number of benzene rings is 3. The van der Waals surface area contributed by atoms with Crippen LogP contribution in [0.3, 0.4) is 0 Å². The molecule has 0 spiro atoms. The average molecular weight is 604 g/mol. The summed E-state index contributed by atoms with van der Waals surface area (Å²) in [5.41, 5.74) is 0.176. The van der Waals surface area contributed by atoms with Crippen LogP contribution in [0.4, 0.5) is 10.2 Å². The van der Waals surface area contributed by atoms with Gasteiger partial charge in [0.1, 0.15) is 35.1 Å². The molecule has 11 heteroatoms. The van der Waals surface area contributed by atoms with Gasteiger partial charge in [0.05, 0.1) is 20.3 Å². The Kier molecular flexibility index (Phi) is 9.09. The van der Waals surface area contributed by atoms with Crippen molar-refractivity contribution in [3.8, 4) is 11.5 Å². The van der Waals surface area contributed by atoms with Gasteiger partial charge in [0.25, 0.3) is 0 Å². The van der Waals surface area contributed by atoms with E-state index in [9.17, 15) is 14.7 Å². The van der Waals surface area contributed by atoms with E-state index >= 15 is 4.39 Å². The zero-order chi connectivity index (χ0) is 31.4. The first-order valence-corrected chi connectivity index (χ1v) is 14.0. The summed E-state index contributed by atoms with van der Waals surface area (Å²) in [4.78, 5) is 27.9. The highest BCUT2D eigenvalue weighted by Gasteiger charge is 2.50. The molecule has 1 aliphatic heterocycles. The molecular weight excluding hydrogens is 569 g/mol. The highest BCUT2D eigenvalue weighted by Crippen LogP contribution is 2.44. The number of aliphatic hydroxyl groups is 1. The van der Waals surface area contributed by atoms with Crippen molar-refractivity contribution in [1.82, 2.24) is 9.55 Å². The molecule has 2 heterocycles. The molecule has 0 bridgehead atoms. The SMILES string of the molecule is COc1ccc(C(O[C@@H](C)[C@H]2O[C@@H](n3ccc(NC(C)=O)nc3=O)[C@H](F)[C@@H]2O)(c2ccccc2)c2ccc(OC)cc2)cc1. The van der Waals surface area contributed by atoms with Crippen molar-refractivity contribution in [1.29, 1.82) is 0 Å². The second-order valence-corrected chi connectivity index (χ2v) is 10.4. The van der Waals surface area contributed by atoms with Gasteiger partial charge < -0.3 is 29.4 Å². The van der Waals surface area contributed by atoms with Crippen molar-refractivity contribution in [3.63, 3.8) is 0 Å². The number of aromatic nitrogens is 2. The van der Waals surface area contributed by atoms with Gasteiger partial charge in [0.15, 0.2) is 12.4 Å². The van der Waals surface area contributed by atoms with E-state index in [1.54, 1.807) is 21.1 Å². The summed E-state index contributed by atoms with van der Waals surface area (Å²) in [7, 11) is 3.16. The maximum atomic E-state index is 15.6. The van der Waals surface area contributed by atoms with Gasteiger partial charge in [-0.05, 0) is 53.9 Å². The smallest absolute Gasteiger partial charge is 0.351 e. The van der Waals surface area contributed by atoms with Gasteiger partial charge >= 0.3 is 5.69 Å². The number of carbonyl (C=O) groups is 1. The summed E-state index contributed by atoms with van der Waals surface area (Å²) in [6.07, 6.45) is -5.87. The van der Waals surface area contributed by atoms with Crippen molar-refractivity contribution in [2.75, 3.05) is 19.5 Å². The summed E-state index contributed by atoms with van der Waals surface area (Å²) >= 11 is 0. The number of hydrogen-bond donors (Lipinski definition) is 2. The molecule has 2 N–H and O–H groups in total. The maximum absolute atomic E-state index is 15.6. The number of halogens is 1. The van der Waals surface area contributed by atoms with E-state index in [0.717, 1.165) is 21.3 Å². The van der Waals surface area contributed by atoms with E-state index in [1.165, 1.54) is 19.2 Å². The fourth-order valence-electron chi connectivity index (χ4n) is 5.50. The van der Waals surface area contributed by atoms with E-state index in [0.29, 0.717) is 11.5 Å². The minimum absolute atomic E-state index is 0.0209. The zero-order valence-corrected chi connectivity index (χ0v) is 24.7. The number of hydrogen-bond acceptors (Lipinski definition) is 8. The molecule has 5 atom stereocenters. The number of amides is 1. The number of aliphatic hydroxyl groups excluding tert-OH is 1. The highest BCUT2D eigenvalue weighted by molar-refractivity contribution is 5.87. The van der Waals surface area contributed by atoms with E-state index < -0.39 is 47.9 Å². The number of carbonyl (C=O) groups excluding carboxylic acids is 1. The first-order valence-electron chi connectivity index (χ1n) is 14.0. The number of nitrogens with zero attached hydrogens (tertiary/aromatic N) is 2. The van der Waals surface area contributed by atoms with Crippen molar-refractivity contribution >= 4 is 11.7 Å². The number of ether oxygens (including phenoxy) is 4. The lowest BCUT2D eigenvalue weighted by Gasteiger charge is -2.40. The molecule has 0 aliphatic carbocycles. The van der Waals surface area contributed by atoms with Crippen LogP contribution in [0.1, 0.15) is 36.8 Å². The molecule has 44 heavy (non-hydrogen) atoms. The molecule has 0 radical (unpaired) electrons. The van der Waals surface area contributed by atoms with Crippen LogP contribution >= 0.6 is 0 Å². The van der Waals surface area contributed by atoms with Gasteiger partial charge in [-0.3, -0.25) is 9.36 Å². The maximum Gasteiger partial charge on any atom is 0.351 e. The first-order chi connectivity index (χ1) is 21.2. The van der Waals surface area contributed by atoms with Gasteiger partial charge in [-0.2, -0.15) is 4.98 Å². The monoisotopic (exact) mass is 603 g/mol. The molecule has 1 aliphatic rings. The molecule has 1 aromatic heterocycles. The third-order valence-corrected chi connectivity index (χ3v) is 7.64. The third kappa shape index (κ3) is 5.94. The van der Waals surface area contributed by atoms with Crippen LogP contribution in [0.2, 0.25) is 0 Å². The Bertz CT molecular complexity index is 1580. The molecular formula is C33H34FN3O7. The lowest BCUT2D eigenvalue weighted by Crippen LogP contribution is -2.44. The topological polar surface area (TPSA) is 121 Å². The fourth-order valence-corrected chi connectivity index (χ4v) is 5.50. The Labute approximate surface area is 254 Å². The normalized spacial score (nSPS) is 20.6. The zero-order valence-electron chi connectivity index (χ0n) is 24.7. The van der Waals surface area contributed by atoms with Crippen molar-refractivity contribution in [2.24, 2.45) is 0 Å². The Hall–Kier alpha value is -4.58. The Morgan fingerprint density at radius 1 is 0.955 bits per heavy atom. The Morgan fingerprint density at radius 2 is 1.50 bits per heavy atom. The van der Waals surface area contributed by atoms with Crippen molar-refractivity contribution < 1.29 is 33.2 Å². The summed E-state index contributed by atoms with van der Waals surface area (Å²) in [5.74, 6) is 0.916. The number of rotatable bonds is 10. The summed E-state index contributed by atoms with van der Waals surface area (Å²) in [6.45, 7) is 2.97. The molecule has 0 unspecified atom stereocenters. The van der Waals surface area contributed by atoms with Gasteiger partial charge in [0, 0.05) is 13.1 Å². The van der Waals surface area contributed by atoms with Crippen LogP contribution in [-0.2, 0) is 19.9 Å². The molecule has 4 aromatic rings. The molecule has 5 rings (SSSR count). The standard InChI is InChI=1S/C33H34FN3O7/c1-20(30-29(39)28(34)31(43-30)37-19-18-27(35-21(2)38)36-32(37)40)44-33(22-8-6-5-7-9-22,23-10-14-25(41-3)15-11-23)24-12-16-26(42-4)17-13-24/h5-20,28-31,39H,1-4H3,(H,35,36,38,40)/t20-,28+,29-,30+,31+/m0/s1.